The maximum atomic E-state index is 6.28. The maximum Gasteiger partial charge on any atom is 0.0642 e. The lowest BCUT2D eigenvalue weighted by Crippen LogP contribution is -2.22. The summed E-state index contributed by atoms with van der Waals surface area (Å²) in [5, 5.41) is 0.842. The third kappa shape index (κ3) is 2.69. The lowest BCUT2D eigenvalue weighted by atomic mass is 10.1. The minimum absolute atomic E-state index is 0.671. The molecule has 0 saturated heterocycles. The number of halogens is 1. The molecule has 1 saturated carbocycles. The second-order valence-electron chi connectivity index (χ2n) is 4.61. The second kappa shape index (κ2) is 5.07. The quantitative estimate of drug-likeness (QED) is 0.855. The van der Waals surface area contributed by atoms with Crippen LogP contribution in [0.15, 0.2) is 18.2 Å². The van der Waals surface area contributed by atoms with Gasteiger partial charge < -0.3 is 10.6 Å². The van der Waals surface area contributed by atoms with Crippen molar-refractivity contribution in [2.45, 2.75) is 19.3 Å². The van der Waals surface area contributed by atoms with Gasteiger partial charge in [-0.05, 0) is 43.4 Å². The normalized spacial score (nSPS) is 15.2. The zero-order chi connectivity index (χ0) is 11.5. The number of hydrogen-bond acceptors (Lipinski definition) is 2. The highest BCUT2D eigenvalue weighted by atomic mass is 35.5. The highest BCUT2D eigenvalue weighted by molar-refractivity contribution is 6.33. The van der Waals surface area contributed by atoms with E-state index in [0.29, 0.717) is 6.54 Å². The molecule has 0 atom stereocenters. The Labute approximate surface area is 102 Å². The molecule has 2 nitrogen and oxygen atoms in total. The third-order valence-corrected chi connectivity index (χ3v) is 3.40. The zero-order valence-corrected chi connectivity index (χ0v) is 10.5. The molecule has 1 aromatic carbocycles. The van der Waals surface area contributed by atoms with Gasteiger partial charge in [-0.2, -0.15) is 0 Å². The summed E-state index contributed by atoms with van der Waals surface area (Å²) in [6.07, 6.45) is 3.62. The fraction of sp³-hybridized carbons (Fsp3) is 0.538. The Bertz CT molecular complexity index is 361. The van der Waals surface area contributed by atoms with Crippen molar-refractivity contribution < 1.29 is 0 Å². The minimum atomic E-state index is 0.671. The fourth-order valence-corrected chi connectivity index (χ4v) is 2.46. The van der Waals surface area contributed by atoms with Crippen LogP contribution < -0.4 is 10.6 Å². The number of nitrogens with two attached hydrogens (primary N) is 1. The summed E-state index contributed by atoms with van der Waals surface area (Å²) in [5.41, 5.74) is 8.06. The molecule has 0 heterocycles. The van der Waals surface area contributed by atoms with E-state index in [2.05, 4.69) is 18.0 Å². The van der Waals surface area contributed by atoms with Crippen molar-refractivity contribution in [1.82, 2.24) is 0 Å². The van der Waals surface area contributed by atoms with Crippen molar-refractivity contribution in [3.63, 3.8) is 0 Å². The number of benzene rings is 1. The zero-order valence-electron chi connectivity index (χ0n) is 9.75. The van der Waals surface area contributed by atoms with Gasteiger partial charge in [0.1, 0.15) is 0 Å². The van der Waals surface area contributed by atoms with Crippen molar-refractivity contribution in [1.29, 1.82) is 0 Å². The highest BCUT2D eigenvalue weighted by Crippen LogP contribution is 2.34. The molecule has 0 aliphatic heterocycles. The molecule has 1 aliphatic carbocycles. The molecule has 3 heteroatoms. The van der Waals surface area contributed by atoms with Crippen molar-refractivity contribution in [3.8, 4) is 0 Å². The smallest absolute Gasteiger partial charge is 0.0642 e. The Kier molecular flexibility index (Phi) is 3.72. The van der Waals surface area contributed by atoms with Gasteiger partial charge in [0.15, 0.2) is 0 Å². The van der Waals surface area contributed by atoms with E-state index < -0.39 is 0 Å². The molecule has 0 bridgehead atoms. The summed E-state index contributed by atoms with van der Waals surface area (Å²) in [7, 11) is 2.12. The molecular formula is C13H19ClN2. The molecule has 1 fully saturated rings. The molecule has 0 radical (unpaired) electrons. The van der Waals surface area contributed by atoms with Gasteiger partial charge in [0.05, 0.1) is 10.7 Å². The van der Waals surface area contributed by atoms with Crippen molar-refractivity contribution >= 4 is 17.3 Å². The van der Waals surface area contributed by atoms with Crippen LogP contribution in [0.25, 0.3) is 0 Å². The standard InChI is InChI=1S/C13H19ClN2/c1-16(9-10-5-6-10)13-11(7-8-15)3-2-4-12(13)14/h2-4,10H,5-9,15H2,1H3. The molecule has 2 rings (SSSR count). The molecule has 1 aliphatic rings. The van der Waals surface area contributed by atoms with Crippen LogP contribution in [0.4, 0.5) is 5.69 Å². The van der Waals surface area contributed by atoms with E-state index in [-0.39, 0.29) is 0 Å². The van der Waals surface area contributed by atoms with Crippen molar-refractivity contribution in [3.05, 3.63) is 28.8 Å². The van der Waals surface area contributed by atoms with Gasteiger partial charge in [0.25, 0.3) is 0 Å². The second-order valence-corrected chi connectivity index (χ2v) is 5.02. The predicted molar refractivity (Wildman–Crippen MR) is 70.2 cm³/mol. The number of nitrogens with zero attached hydrogens (tertiary/aromatic N) is 1. The monoisotopic (exact) mass is 238 g/mol. The molecule has 16 heavy (non-hydrogen) atoms. The summed E-state index contributed by atoms with van der Waals surface area (Å²) in [6.45, 7) is 1.78. The van der Waals surface area contributed by atoms with Crippen LogP contribution in [0.5, 0.6) is 0 Å². The van der Waals surface area contributed by atoms with Crippen LogP contribution in [-0.4, -0.2) is 20.1 Å². The van der Waals surface area contributed by atoms with E-state index in [1.54, 1.807) is 0 Å². The fourth-order valence-electron chi connectivity index (χ4n) is 2.12. The third-order valence-electron chi connectivity index (χ3n) is 3.09. The Morgan fingerprint density at radius 2 is 2.19 bits per heavy atom. The summed E-state index contributed by atoms with van der Waals surface area (Å²) >= 11 is 6.28. The number of rotatable bonds is 5. The molecular weight excluding hydrogens is 220 g/mol. The molecule has 0 aromatic heterocycles. The molecule has 0 unspecified atom stereocenters. The Hall–Kier alpha value is -0.730. The van der Waals surface area contributed by atoms with Crippen LogP contribution in [0.1, 0.15) is 18.4 Å². The van der Waals surface area contributed by atoms with E-state index in [4.69, 9.17) is 17.3 Å². The largest absolute Gasteiger partial charge is 0.373 e. The highest BCUT2D eigenvalue weighted by Gasteiger charge is 2.24. The average molecular weight is 239 g/mol. The number of para-hydroxylation sites is 1. The predicted octanol–water partition coefficient (Wildman–Crippen LogP) is 2.69. The first-order valence-electron chi connectivity index (χ1n) is 5.91. The van der Waals surface area contributed by atoms with Gasteiger partial charge >= 0.3 is 0 Å². The minimum Gasteiger partial charge on any atom is -0.373 e. The van der Waals surface area contributed by atoms with Crippen molar-refractivity contribution in [2.75, 3.05) is 25.0 Å². The van der Waals surface area contributed by atoms with E-state index in [0.717, 1.165) is 23.9 Å². The van der Waals surface area contributed by atoms with Crippen molar-refractivity contribution in [2.24, 2.45) is 11.7 Å². The van der Waals surface area contributed by atoms with Gasteiger partial charge in [-0.3, -0.25) is 0 Å². The Morgan fingerprint density at radius 3 is 2.81 bits per heavy atom. The van der Waals surface area contributed by atoms with Gasteiger partial charge in [0.2, 0.25) is 0 Å². The summed E-state index contributed by atoms with van der Waals surface area (Å²) in [5.74, 6) is 0.868. The molecule has 0 amide bonds. The summed E-state index contributed by atoms with van der Waals surface area (Å²) in [6, 6.07) is 6.08. The number of hydrogen-bond donors (Lipinski definition) is 1. The topological polar surface area (TPSA) is 29.3 Å². The van der Waals surface area contributed by atoms with Crippen LogP contribution in [-0.2, 0) is 6.42 Å². The lowest BCUT2D eigenvalue weighted by Gasteiger charge is -2.23. The molecule has 1 aromatic rings. The SMILES string of the molecule is CN(CC1CC1)c1c(Cl)cccc1CCN. The first-order chi connectivity index (χ1) is 7.72. The van der Waals surface area contributed by atoms with E-state index >= 15 is 0 Å². The number of anilines is 1. The summed E-state index contributed by atoms with van der Waals surface area (Å²) in [4.78, 5) is 2.28. The summed E-state index contributed by atoms with van der Waals surface area (Å²) < 4.78 is 0. The van der Waals surface area contributed by atoms with E-state index in [9.17, 15) is 0 Å². The maximum absolute atomic E-state index is 6.28. The van der Waals surface area contributed by atoms with Crippen LogP contribution >= 0.6 is 11.6 Å². The molecule has 0 spiro atoms. The van der Waals surface area contributed by atoms with Gasteiger partial charge in [-0.1, -0.05) is 23.7 Å². The van der Waals surface area contributed by atoms with Gasteiger partial charge in [-0.25, -0.2) is 0 Å². The average Bonchev–Trinajstić information content (AvgIpc) is 3.02. The Morgan fingerprint density at radius 1 is 1.44 bits per heavy atom. The van der Waals surface area contributed by atoms with E-state index in [1.807, 2.05) is 12.1 Å². The molecule has 88 valence electrons. The van der Waals surface area contributed by atoms with Crippen LogP contribution in [0.2, 0.25) is 5.02 Å². The van der Waals surface area contributed by atoms with Crippen LogP contribution in [0, 0.1) is 5.92 Å². The van der Waals surface area contributed by atoms with Gasteiger partial charge in [-0.15, -0.1) is 0 Å². The van der Waals surface area contributed by atoms with Gasteiger partial charge in [0, 0.05) is 13.6 Å². The lowest BCUT2D eigenvalue weighted by molar-refractivity contribution is 0.781. The molecule has 2 N–H and O–H groups in total. The van der Waals surface area contributed by atoms with Crippen LogP contribution in [0.3, 0.4) is 0 Å². The first-order valence-corrected chi connectivity index (χ1v) is 6.28. The Balaban J connectivity index is 2.20. The first kappa shape index (κ1) is 11.7. The van der Waals surface area contributed by atoms with E-state index in [1.165, 1.54) is 24.1 Å².